The Morgan fingerprint density at radius 3 is 2.04 bits per heavy atom. The summed E-state index contributed by atoms with van der Waals surface area (Å²) in [5, 5.41) is 8.92. The molecule has 0 aliphatic heterocycles. The highest BCUT2D eigenvalue weighted by Crippen LogP contribution is 2.27. The topological polar surface area (TPSA) is 50.2 Å². The number of hydrogen-bond acceptors (Lipinski definition) is 2. The van der Waals surface area contributed by atoms with Crippen LogP contribution in [0.25, 0.3) is 22.3 Å². The predicted octanol–water partition coefficient (Wildman–Crippen LogP) is 4.56. The average Bonchev–Trinajstić information content (AvgIpc) is 2.57. The van der Waals surface area contributed by atoms with E-state index in [0.29, 0.717) is 0 Å². The molecule has 0 saturated heterocycles. The number of nitrogens with zero attached hydrogens (tertiary/aromatic N) is 1. The quantitative estimate of drug-likeness (QED) is 0.722. The number of carboxylic acids is 1. The summed E-state index contributed by atoms with van der Waals surface area (Å²) in [4.78, 5) is 14.5. The highest BCUT2D eigenvalue weighted by Gasteiger charge is 2.06. The first-order valence-electron chi connectivity index (χ1n) is 7.11. The molecule has 3 aromatic rings. The van der Waals surface area contributed by atoms with Crippen LogP contribution < -0.4 is 0 Å². The number of rotatable bonds is 3. The summed E-state index contributed by atoms with van der Waals surface area (Å²) < 4.78 is 13.3. The van der Waals surface area contributed by atoms with Crippen LogP contribution in [0.3, 0.4) is 0 Å². The number of hydrogen-bond donors (Lipinski definition) is 1. The van der Waals surface area contributed by atoms with Gasteiger partial charge in [0.05, 0.1) is 5.56 Å². The van der Waals surface area contributed by atoms with Crippen molar-refractivity contribution in [3.8, 4) is 22.3 Å². The minimum atomic E-state index is -0.943. The lowest BCUT2D eigenvalue weighted by Crippen LogP contribution is -1.94. The molecule has 1 aromatic heterocycles. The van der Waals surface area contributed by atoms with Crippen molar-refractivity contribution in [1.29, 1.82) is 0 Å². The smallest absolute Gasteiger partial charge is 0.335 e. The number of benzene rings is 2. The second-order valence-corrected chi connectivity index (χ2v) is 5.28. The van der Waals surface area contributed by atoms with Crippen molar-refractivity contribution in [3.05, 3.63) is 77.9 Å². The Labute approximate surface area is 133 Å². The monoisotopic (exact) mass is 307 g/mol. The fourth-order valence-corrected chi connectivity index (χ4v) is 2.46. The first kappa shape index (κ1) is 14.9. The number of carboxylic acid groups (broad SMARTS) is 1. The van der Waals surface area contributed by atoms with Crippen molar-refractivity contribution in [2.45, 2.75) is 6.92 Å². The normalized spacial score (nSPS) is 10.5. The number of aromatic carboxylic acids is 1. The number of carbonyl (C=O) groups is 1. The molecule has 1 N–H and O–H groups in total. The molecule has 3 rings (SSSR count). The van der Waals surface area contributed by atoms with Crippen LogP contribution in [0.4, 0.5) is 4.39 Å². The van der Waals surface area contributed by atoms with E-state index in [1.807, 2.05) is 31.2 Å². The lowest BCUT2D eigenvalue weighted by Gasteiger charge is -2.08. The van der Waals surface area contributed by atoms with Gasteiger partial charge in [0.2, 0.25) is 5.95 Å². The third-order valence-corrected chi connectivity index (χ3v) is 3.73. The Hall–Kier alpha value is -3.01. The van der Waals surface area contributed by atoms with E-state index in [1.165, 1.54) is 12.3 Å². The molecule has 3 nitrogen and oxygen atoms in total. The molecule has 0 aliphatic carbocycles. The zero-order valence-electron chi connectivity index (χ0n) is 12.5. The fourth-order valence-electron chi connectivity index (χ4n) is 2.46. The summed E-state index contributed by atoms with van der Waals surface area (Å²) in [6.07, 6.45) is 1.52. The van der Waals surface area contributed by atoms with E-state index < -0.39 is 11.9 Å². The molecule has 0 saturated carbocycles. The van der Waals surface area contributed by atoms with Gasteiger partial charge < -0.3 is 5.11 Å². The van der Waals surface area contributed by atoms with E-state index in [0.717, 1.165) is 27.8 Å². The summed E-state index contributed by atoms with van der Waals surface area (Å²) >= 11 is 0. The van der Waals surface area contributed by atoms with Crippen molar-refractivity contribution in [2.24, 2.45) is 0 Å². The van der Waals surface area contributed by atoms with Gasteiger partial charge in [-0.3, -0.25) is 0 Å². The molecule has 0 unspecified atom stereocenters. The molecule has 0 radical (unpaired) electrons. The molecular weight excluding hydrogens is 293 g/mol. The zero-order chi connectivity index (χ0) is 16.4. The molecule has 2 aromatic carbocycles. The summed E-state index contributed by atoms with van der Waals surface area (Å²) in [6.45, 7) is 1.89. The average molecular weight is 307 g/mol. The van der Waals surface area contributed by atoms with Gasteiger partial charge in [0.15, 0.2) is 0 Å². The van der Waals surface area contributed by atoms with Gasteiger partial charge in [-0.25, -0.2) is 9.78 Å². The van der Waals surface area contributed by atoms with E-state index in [9.17, 15) is 9.18 Å². The highest BCUT2D eigenvalue weighted by atomic mass is 19.1. The van der Waals surface area contributed by atoms with Crippen molar-refractivity contribution < 1.29 is 14.3 Å². The van der Waals surface area contributed by atoms with Crippen LogP contribution in [0.15, 0.2) is 60.8 Å². The van der Waals surface area contributed by atoms with Gasteiger partial charge in [-0.2, -0.15) is 4.39 Å². The number of aromatic nitrogens is 1. The van der Waals surface area contributed by atoms with Crippen molar-refractivity contribution in [1.82, 2.24) is 4.98 Å². The Kier molecular flexibility index (Phi) is 3.89. The minimum Gasteiger partial charge on any atom is -0.478 e. The first-order valence-corrected chi connectivity index (χ1v) is 7.11. The number of halogens is 1. The number of aryl methyl sites for hydroxylation is 1. The molecule has 0 fully saturated rings. The van der Waals surface area contributed by atoms with E-state index >= 15 is 0 Å². The maximum absolute atomic E-state index is 13.3. The molecule has 4 heteroatoms. The second-order valence-electron chi connectivity index (χ2n) is 5.28. The van der Waals surface area contributed by atoms with Crippen LogP contribution in [-0.4, -0.2) is 16.1 Å². The maximum atomic E-state index is 13.3. The largest absolute Gasteiger partial charge is 0.478 e. The van der Waals surface area contributed by atoms with Gasteiger partial charge in [0, 0.05) is 12.3 Å². The van der Waals surface area contributed by atoms with Crippen molar-refractivity contribution in [2.75, 3.05) is 0 Å². The lowest BCUT2D eigenvalue weighted by molar-refractivity contribution is 0.0697. The summed E-state index contributed by atoms with van der Waals surface area (Å²) in [6, 6.07) is 15.8. The van der Waals surface area contributed by atoms with Crippen LogP contribution in [-0.2, 0) is 0 Å². The van der Waals surface area contributed by atoms with E-state index in [-0.39, 0.29) is 5.56 Å². The van der Waals surface area contributed by atoms with Crippen molar-refractivity contribution in [3.63, 3.8) is 0 Å². The van der Waals surface area contributed by atoms with E-state index in [4.69, 9.17) is 5.11 Å². The Morgan fingerprint density at radius 1 is 0.957 bits per heavy atom. The summed E-state index contributed by atoms with van der Waals surface area (Å²) in [7, 11) is 0. The third-order valence-electron chi connectivity index (χ3n) is 3.73. The summed E-state index contributed by atoms with van der Waals surface area (Å²) in [5.74, 6) is -1.44. The first-order chi connectivity index (χ1) is 11.0. The van der Waals surface area contributed by atoms with Crippen LogP contribution in [0.2, 0.25) is 0 Å². The highest BCUT2D eigenvalue weighted by molar-refractivity contribution is 5.88. The molecule has 23 heavy (non-hydrogen) atoms. The SMILES string of the molecule is Cc1cnc(F)cc1-c1ccc(-c2ccc(C(=O)O)cc2)cc1. The van der Waals surface area contributed by atoms with Crippen LogP contribution in [0, 0.1) is 12.9 Å². The van der Waals surface area contributed by atoms with Crippen LogP contribution >= 0.6 is 0 Å². The third kappa shape index (κ3) is 3.11. The number of pyridine rings is 1. The minimum absolute atomic E-state index is 0.258. The van der Waals surface area contributed by atoms with Gasteiger partial charge in [0.25, 0.3) is 0 Å². The molecule has 0 bridgehead atoms. The standard InChI is InChI=1S/C19H14FNO2/c1-12-11-21-18(20)10-17(12)15-6-2-13(3-7-15)14-4-8-16(9-5-14)19(22)23/h2-11H,1H3,(H,22,23). The van der Waals surface area contributed by atoms with Gasteiger partial charge >= 0.3 is 5.97 Å². The molecular formula is C19H14FNO2. The van der Waals surface area contributed by atoms with E-state index in [1.54, 1.807) is 24.3 Å². The van der Waals surface area contributed by atoms with Gasteiger partial charge in [-0.1, -0.05) is 36.4 Å². The fraction of sp³-hybridized carbons (Fsp3) is 0.0526. The molecule has 0 aliphatic rings. The van der Waals surface area contributed by atoms with Gasteiger partial charge in [-0.05, 0) is 46.9 Å². The lowest BCUT2D eigenvalue weighted by atomic mass is 9.98. The molecule has 0 spiro atoms. The Bertz CT molecular complexity index is 856. The summed E-state index contributed by atoms with van der Waals surface area (Å²) in [5.41, 5.74) is 4.79. The van der Waals surface area contributed by atoms with Crippen LogP contribution in [0.1, 0.15) is 15.9 Å². The molecule has 114 valence electrons. The molecule has 1 heterocycles. The Morgan fingerprint density at radius 2 is 1.48 bits per heavy atom. The molecule has 0 amide bonds. The second kappa shape index (κ2) is 6.01. The Balaban J connectivity index is 1.93. The van der Waals surface area contributed by atoms with Gasteiger partial charge in [0.1, 0.15) is 0 Å². The van der Waals surface area contributed by atoms with E-state index in [2.05, 4.69) is 4.98 Å². The van der Waals surface area contributed by atoms with Gasteiger partial charge in [-0.15, -0.1) is 0 Å². The van der Waals surface area contributed by atoms with Crippen molar-refractivity contribution >= 4 is 5.97 Å². The van der Waals surface area contributed by atoms with Crippen LogP contribution in [0.5, 0.6) is 0 Å². The predicted molar refractivity (Wildman–Crippen MR) is 86.8 cm³/mol. The maximum Gasteiger partial charge on any atom is 0.335 e. The zero-order valence-corrected chi connectivity index (χ0v) is 12.5. The molecule has 0 atom stereocenters.